The lowest BCUT2D eigenvalue weighted by Crippen LogP contribution is -2.42. The van der Waals surface area contributed by atoms with Gasteiger partial charge in [0.05, 0.1) is 11.0 Å². The Morgan fingerprint density at radius 3 is 2.59 bits per heavy atom. The lowest BCUT2D eigenvalue weighted by atomic mass is 9.87. The van der Waals surface area contributed by atoms with Crippen molar-refractivity contribution >= 4 is 5.97 Å². The zero-order valence-corrected chi connectivity index (χ0v) is 23.0. The largest absolute Gasteiger partial charge is 0.480 e. The van der Waals surface area contributed by atoms with Crippen molar-refractivity contribution in [3.63, 3.8) is 0 Å². The van der Waals surface area contributed by atoms with Gasteiger partial charge in [0.2, 0.25) is 0 Å². The highest BCUT2D eigenvalue weighted by Crippen LogP contribution is 2.40. The Kier molecular flexibility index (Phi) is 7.75. The molecule has 0 spiro atoms. The van der Waals surface area contributed by atoms with Crippen LogP contribution in [0.3, 0.4) is 0 Å². The number of hydrogen-bond acceptors (Lipinski definition) is 5. The minimum absolute atomic E-state index is 0.353. The normalized spacial score (nSPS) is 23.7. The second-order valence-electron chi connectivity index (χ2n) is 12.1. The van der Waals surface area contributed by atoms with Gasteiger partial charge in [-0.3, -0.25) is 9.69 Å². The number of piperidine rings is 1. The van der Waals surface area contributed by atoms with Crippen molar-refractivity contribution in [1.82, 2.24) is 25.2 Å². The van der Waals surface area contributed by atoms with Crippen molar-refractivity contribution in [1.29, 1.82) is 0 Å². The highest BCUT2D eigenvalue weighted by molar-refractivity contribution is 5.73. The third-order valence-electron chi connectivity index (χ3n) is 9.04. The van der Waals surface area contributed by atoms with E-state index >= 15 is 0 Å². The van der Waals surface area contributed by atoms with Crippen LogP contribution in [-0.2, 0) is 11.3 Å². The van der Waals surface area contributed by atoms with Crippen LogP contribution in [0.15, 0.2) is 54.6 Å². The molecule has 8 nitrogen and oxygen atoms in total. The molecule has 2 aromatic carbocycles. The zero-order valence-electron chi connectivity index (χ0n) is 23.0. The second kappa shape index (κ2) is 11.6. The number of carboxylic acid groups (broad SMARTS) is 1. The van der Waals surface area contributed by atoms with Crippen LogP contribution in [0.25, 0.3) is 0 Å². The van der Waals surface area contributed by atoms with Gasteiger partial charge in [-0.05, 0) is 72.6 Å². The Balaban J connectivity index is 1.09. The quantitative estimate of drug-likeness (QED) is 0.390. The first-order valence-corrected chi connectivity index (χ1v) is 14.6. The SMILES string of the molecule is Cc1cccc([C@H]2CN([C@H](CC3CC3)C(=O)O)C[C@@H]2CN2CCC(c3n[nH][n+](Cc4ccccc4)n3)CC2)c1. The Hall–Kier alpha value is -3.10. The molecular formula is C31H41N6O2+. The van der Waals surface area contributed by atoms with Crippen molar-refractivity contribution in [2.24, 2.45) is 11.8 Å². The van der Waals surface area contributed by atoms with Gasteiger partial charge in [-0.1, -0.05) is 77.8 Å². The number of H-pyrrole nitrogens is 1. The average molecular weight is 530 g/mol. The van der Waals surface area contributed by atoms with Crippen LogP contribution < -0.4 is 4.80 Å². The number of nitrogens with zero attached hydrogens (tertiary/aromatic N) is 5. The average Bonchev–Trinajstić information content (AvgIpc) is 3.49. The van der Waals surface area contributed by atoms with Gasteiger partial charge >= 0.3 is 11.8 Å². The van der Waals surface area contributed by atoms with Gasteiger partial charge in [-0.25, -0.2) is 0 Å². The van der Waals surface area contributed by atoms with Crippen LogP contribution in [0, 0.1) is 18.8 Å². The van der Waals surface area contributed by atoms with E-state index in [0.717, 1.165) is 57.8 Å². The van der Waals surface area contributed by atoms with Crippen LogP contribution in [0.1, 0.15) is 66.5 Å². The van der Waals surface area contributed by atoms with E-state index in [1.807, 2.05) is 23.0 Å². The van der Waals surface area contributed by atoms with Crippen LogP contribution >= 0.6 is 0 Å². The maximum Gasteiger partial charge on any atom is 0.320 e. The van der Waals surface area contributed by atoms with E-state index in [-0.39, 0.29) is 6.04 Å². The summed E-state index contributed by atoms with van der Waals surface area (Å²) in [5, 5.41) is 22.5. The molecule has 1 saturated carbocycles. The molecule has 3 atom stereocenters. The van der Waals surface area contributed by atoms with Crippen LogP contribution in [-0.4, -0.2) is 75.1 Å². The predicted octanol–water partition coefficient (Wildman–Crippen LogP) is 3.60. The number of carboxylic acids is 1. The molecule has 3 aromatic rings. The van der Waals surface area contributed by atoms with Gasteiger partial charge in [-0.2, -0.15) is 0 Å². The molecule has 6 rings (SSSR count). The number of nitrogens with one attached hydrogen (secondary N) is 1. The molecule has 2 aliphatic heterocycles. The number of carbonyl (C=O) groups is 1. The third kappa shape index (κ3) is 6.39. The highest BCUT2D eigenvalue weighted by Gasteiger charge is 2.42. The summed E-state index contributed by atoms with van der Waals surface area (Å²) in [4.78, 5) is 19.0. The first-order valence-electron chi connectivity index (χ1n) is 14.6. The molecule has 0 bridgehead atoms. The first-order chi connectivity index (χ1) is 19.0. The molecule has 0 radical (unpaired) electrons. The molecule has 1 aliphatic carbocycles. The maximum absolute atomic E-state index is 12.3. The van der Waals surface area contributed by atoms with E-state index in [1.54, 1.807) is 0 Å². The van der Waals surface area contributed by atoms with E-state index in [4.69, 9.17) is 5.10 Å². The van der Waals surface area contributed by atoms with E-state index < -0.39 is 5.97 Å². The summed E-state index contributed by atoms with van der Waals surface area (Å²) in [5.74, 6) is 2.04. The van der Waals surface area contributed by atoms with Crippen molar-refractivity contribution < 1.29 is 14.7 Å². The van der Waals surface area contributed by atoms with Crippen molar-refractivity contribution in [3.8, 4) is 0 Å². The van der Waals surface area contributed by atoms with Crippen molar-refractivity contribution in [2.75, 3.05) is 32.7 Å². The molecular weight excluding hydrogens is 488 g/mol. The molecule has 39 heavy (non-hydrogen) atoms. The van der Waals surface area contributed by atoms with Crippen LogP contribution in [0.2, 0.25) is 0 Å². The number of tetrazole rings is 1. The maximum atomic E-state index is 12.3. The zero-order chi connectivity index (χ0) is 26.8. The highest BCUT2D eigenvalue weighted by atomic mass is 16.4. The van der Waals surface area contributed by atoms with Crippen molar-refractivity contribution in [2.45, 2.75) is 63.5 Å². The topological polar surface area (TPSA) is 89.2 Å². The van der Waals surface area contributed by atoms with Gasteiger partial charge in [0, 0.05) is 25.6 Å². The van der Waals surface area contributed by atoms with Gasteiger partial charge in [0.25, 0.3) is 0 Å². The number of aryl methyl sites for hydroxylation is 1. The second-order valence-corrected chi connectivity index (χ2v) is 12.1. The fourth-order valence-electron chi connectivity index (χ4n) is 6.68. The standard InChI is InChI=1S/C31H40N6O2/c1-22-6-5-9-26(16-22)28-21-36(29(31(38)39)17-23-10-11-23)20-27(28)19-35-14-12-25(13-15-35)30-32-34-37(33-30)18-24-7-3-2-4-8-24/h2-9,16,23,25,27-29H,10-15,17-21H2,1H3,(H,38,39)/p+1/t27-,28+,29+/m0/s1. The number of benzene rings is 2. The molecule has 8 heteroatoms. The van der Waals surface area contributed by atoms with E-state index in [9.17, 15) is 9.90 Å². The third-order valence-corrected chi connectivity index (χ3v) is 9.04. The summed E-state index contributed by atoms with van der Waals surface area (Å²) >= 11 is 0. The monoisotopic (exact) mass is 529 g/mol. The number of likely N-dealkylation sites (tertiary alicyclic amines) is 2. The summed E-state index contributed by atoms with van der Waals surface area (Å²) in [7, 11) is 0. The van der Waals surface area contributed by atoms with E-state index in [1.165, 1.54) is 29.5 Å². The number of aromatic nitrogens is 4. The fraction of sp³-hybridized carbons (Fsp3) is 0.548. The Labute approximate surface area is 231 Å². The molecule has 3 heterocycles. The molecule has 1 aromatic heterocycles. The van der Waals surface area contributed by atoms with Crippen LogP contribution in [0.4, 0.5) is 0 Å². The van der Waals surface area contributed by atoms with Crippen LogP contribution in [0.5, 0.6) is 0 Å². The predicted molar refractivity (Wildman–Crippen MR) is 148 cm³/mol. The Morgan fingerprint density at radius 1 is 1.08 bits per heavy atom. The minimum atomic E-state index is -0.651. The Bertz CT molecular complexity index is 1250. The van der Waals surface area contributed by atoms with E-state index in [2.05, 4.69) is 63.4 Å². The number of aromatic amines is 1. The molecule has 2 N–H and O–H groups in total. The molecule has 3 fully saturated rings. The smallest absolute Gasteiger partial charge is 0.320 e. The summed E-state index contributed by atoms with van der Waals surface area (Å²) in [5.41, 5.74) is 3.84. The molecule has 0 amide bonds. The molecule has 3 aliphatic rings. The Morgan fingerprint density at radius 2 is 1.87 bits per heavy atom. The minimum Gasteiger partial charge on any atom is -0.480 e. The van der Waals surface area contributed by atoms with Crippen molar-refractivity contribution in [3.05, 3.63) is 77.1 Å². The lowest BCUT2D eigenvalue weighted by Gasteiger charge is -2.33. The first kappa shape index (κ1) is 26.1. The van der Waals surface area contributed by atoms with Gasteiger partial charge < -0.3 is 10.0 Å². The van der Waals surface area contributed by atoms with Gasteiger partial charge in [0.1, 0.15) is 6.04 Å². The number of rotatable bonds is 10. The van der Waals surface area contributed by atoms with Gasteiger partial charge in [-0.15, -0.1) is 0 Å². The molecule has 206 valence electrons. The lowest BCUT2D eigenvalue weighted by molar-refractivity contribution is -0.798. The van der Waals surface area contributed by atoms with E-state index in [0.29, 0.717) is 30.2 Å². The van der Waals surface area contributed by atoms with Gasteiger partial charge in [0.15, 0.2) is 6.54 Å². The summed E-state index contributed by atoms with van der Waals surface area (Å²) in [6.45, 7) is 7.62. The number of hydrogen-bond donors (Lipinski definition) is 2. The molecule has 0 unspecified atom stereocenters. The summed E-state index contributed by atoms with van der Waals surface area (Å²) in [6, 6.07) is 18.8. The fourth-order valence-corrected chi connectivity index (χ4v) is 6.68. The number of aliphatic carboxylic acids is 1. The summed E-state index contributed by atoms with van der Waals surface area (Å²) in [6.07, 6.45) is 5.28. The summed E-state index contributed by atoms with van der Waals surface area (Å²) < 4.78 is 0. The molecule has 2 saturated heterocycles.